The van der Waals surface area contributed by atoms with Gasteiger partial charge in [0.1, 0.15) is 19.2 Å². The van der Waals surface area contributed by atoms with Crippen LogP contribution in [0.15, 0.2) is 12.1 Å². The number of methoxy groups -OCH3 is 2. The Morgan fingerprint density at radius 3 is 2.25 bits per heavy atom. The molecule has 0 fully saturated rings. The molecule has 0 heterocycles. The van der Waals surface area contributed by atoms with E-state index in [2.05, 4.69) is 9.47 Å². The second-order valence-corrected chi connectivity index (χ2v) is 2.94. The molecule has 1 aromatic rings. The number of ether oxygens (including phenoxy) is 2. The molecule has 0 atom stereocenters. The van der Waals surface area contributed by atoms with Crippen LogP contribution in [0, 0.1) is 0 Å². The Morgan fingerprint density at radius 2 is 1.75 bits per heavy atom. The molecular formula is C10H9BO5. The van der Waals surface area contributed by atoms with Crippen molar-refractivity contribution in [3.63, 3.8) is 0 Å². The van der Waals surface area contributed by atoms with Crippen LogP contribution in [0.5, 0.6) is 5.75 Å². The summed E-state index contributed by atoms with van der Waals surface area (Å²) < 4.78 is 8.91. The van der Waals surface area contributed by atoms with Crippen LogP contribution in [0.2, 0.25) is 0 Å². The molecule has 0 spiro atoms. The fourth-order valence-electron chi connectivity index (χ4n) is 1.16. The maximum atomic E-state index is 11.3. The fraction of sp³-hybridized carbons (Fsp3) is 0.200. The maximum Gasteiger partial charge on any atom is 0.341 e. The minimum absolute atomic E-state index is 0.0678. The monoisotopic (exact) mass is 220 g/mol. The number of hydrogen-bond donors (Lipinski definition) is 1. The second kappa shape index (κ2) is 4.70. The topological polar surface area (TPSA) is 72.8 Å². The van der Waals surface area contributed by atoms with Gasteiger partial charge >= 0.3 is 11.9 Å². The van der Waals surface area contributed by atoms with Crippen molar-refractivity contribution in [3.05, 3.63) is 23.3 Å². The number of aromatic hydroxyl groups is 1. The Labute approximate surface area is 93.4 Å². The van der Waals surface area contributed by atoms with Gasteiger partial charge in [0.15, 0.2) is 0 Å². The van der Waals surface area contributed by atoms with Crippen molar-refractivity contribution in [2.45, 2.75) is 0 Å². The summed E-state index contributed by atoms with van der Waals surface area (Å²) in [5, 5.41) is 9.50. The largest absolute Gasteiger partial charge is 0.508 e. The van der Waals surface area contributed by atoms with Gasteiger partial charge in [0, 0.05) is 0 Å². The first kappa shape index (κ1) is 12.1. The second-order valence-electron chi connectivity index (χ2n) is 2.94. The molecule has 1 aromatic carbocycles. The summed E-state index contributed by atoms with van der Waals surface area (Å²) in [6.45, 7) is 0. The minimum Gasteiger partial charge on any atom is -0.508 e. The van der Waals surface area contributed by atoms with Crippen LogP contribution in [-0.4, -0.2) is 39.1 Å². The van der Waals surface area contributed by atoms with Crippen molar-refractivity contribution in [1.29, 1.82) is 0 Å². The van der Waals surface area contributed by atoms with Crippen molar-refractivity contribution in [1.82, 2.24) is 0 Å². The van der Waals surface area contributed by atoms with Gasteiger partial charge in [-0.05, 0) is 6.07 Å². The van der Waals surface area contributed by atoms with Gasteiger partial charge in [-0.3, -0.25) is 0 Å². The Balaban J connectivity index is 3.33. The van der Waals surface area contributed by atoms with Crippen LogP contribution in [0.3, 0.4) is 0 Å². The van der Waals surface area contributed by atoms with Crippen molar-refractivity contribution in [2.75, 3.05) is 14.2 Å². The Bertz CT molecular complexity index is 441. The van der Waals surface area contributed by atoms with E-state index in [1.165, 1.54) is 13.2 Å². The highest BCUT2D eigenvalue weighted by Gasteiger charge is 2.17. The molecule has 0 aliphatic rings. The molecular weight excluding hydrogens is 211 g/mol. The molecule has 0 saturated heterocycles. The third-order valence-corrected chi connectivity index (χ3v) is 1.97. The lowest BCUT2D eigenvalue weighted by atomic mass is 9.90. The molecule has 16 heavy (non-hydrogen) atoms. The van der Waals surface area contributed by atoms with E-state index in [4.69, 9.17) is 7.85 Å². The molecule has 6 heteroatoms. The normalized spacial score (nSPS) is 9.62. The molecule has 1 rings (SSSR count). The fourth-order valence-corrected chi connectivity index (χ4v) is 1.16. The van der Waals surface area contributed by atoms with Gasteiger partial charge in [0.25, 0.3) is 0 Å². The van der Waals surface area contributed by atoms with E-state index in [1.807, 2.05) is 0 Å². The molecule has 0 aliphatic carbocycles. The lowest BCUT2D eigenvalue weighted by molar-refractivity contribution is 0.0597. The molecule has 0 aromatic heterocycles. The number of hydrogen-bond acceptors (Lipinski definition) is 5. The smallest absolute Gasteiger partial charge is 0.341 e. The zero-order valence-electron chi connectivity index (χ0n) is 8.81. The lowest BCUT2D eigenvalue weighted by Crippen LogP contribution is -2.15. The summed E-state index contributed by atoms with van der Waals surface area (Å²) in [6, 6.07) is 2.37. The van der Waals surface area contributed by atoms with Crippen LogP contribution in [0.1, 0.15) is 20.7 Å². The number of rotatable bonds is 2. The summed E-state index contributed by atoms with van der Waals surface area (Å²) >= 11 is 0. The summed E-state index contributed by atoms with van der Waals surface area (Å²) in [5.41, 5.74) is -0.204. The Kier molecular flexibility index (Phi) is 3.55. The van der Waals surface area contributed by atoms with Crippen LogP contribution >= 0.6 is 0 Å². The van der Waals surface area contributed by atoms with Crippen molar-refractivity contribution in [3.8, 4) is 5.75 Å². The number of phenols is 1. The van der Waals surface area contributed by atoms with E-state index in [0.717, 1.165) is 13.2 Å². The predicted molar refractivity (Wildman–Crippen MR) is 56.2 cm³/mol. The first-order valence-electron chi connectivity index (χ1n) is 4.30. The van der Waals surface area contributed by atoms with Crippen molar-refractivity contribution in [2.24, 2.45) is 0 Å². The van der Waals surface area contributed by atoms with Gasteiger partial charge in [-0.2, -0.15) is 0 Å². The number of benzene rings is 1. The molecule has 5 nitrogen and oxygen atoms in total. The van der Waals surface area contributed by atoms with Gasteiger partial charge < -0.3 is 14.6 Å². The minimum atomic E-state index is -0.782. The molecule has 0 bridgehead atoms. The van der Waals surface area contributed by atoms with Gasteiger partial charge in [0.05, 0.1) is 19.8 Å². The molecule has 1 N–H and O–H groups in total. The predicted octanol–water partition coefficient (Wildman–Crippen LogP) is -0.241. The third kappa shape index (κ3) is 2.16. The SMILES string of the molecule is [B]c1cc(C(=O)OC)cc(C(=O)OC)c1O. The zero-order chi connectivity index (χ0) is 12.3. The van der Waals surface area contributed by atoms with Crippen molar-refractivity contribution >= 4 is 25.2 Å². The van der Waals surface area contributed by atoms with Gasteiger partial charge in [0.2, 0.25) is 0 Å². The maximum absolute atomic E-state index is 11.3. The highest BCUT2D eigenvalue weighted by atomic mass is 16.5. The average Bonchev–Trinajstić information content (AvgIpc) is 2.30. The number of phenolic OH excluding ortho intramolecular Hbond substituents is 1. The van der Waals surface area contributed by atoms with E-state index in [-0.39, 0.29) is 16.6 Å². The van der Waals surface area contributed by atoms with Crippen LogP contribution in [-0.2, 0) is 9.47 Å². The quantitative estimate of drug-likeness (QED) is 0.549. The van der Waals surface area contributed by atoms with E-state index in [1.54, 1.807) is 0 Å². The first-order valence-corrected chi connectivity index (χ1v) is 4.30. The number of carbonyl (C=O) groups is 2. The molecule has 0 saturated carbocycles. The average molecular weight is 220 g/mol. The highest BCUT2D eigenvalue weighted by molar-refractivity contribution is 6.35. The van der Waals surface area contributed by atoms with Crippen LogP contribution < -0.4 is 5.46 Å². The van der Waals surface area contributed by atoms with Gasteiger partial charge in [-0.25, -0.2) is 9.59 Å². The van der Waals surface area contributed by atoms with E-state index in [9.17, 15) is 14.7 Å². The summed E-state index contributed by atoms with van der Waals surface area (Å²) in [7, 11) is 7.79. The number of carbonyl (C=O) groups excluding carboxylic acids is 2. The molecule has 0 aliphatic heterocycles. The molecule has 2 radical (unpaired) electrons. The molecule has 82 valence electrons. The highest BCUT2D eigenvalue weighted by Crippen LogP contribution is 2.17. The van der Waals surface area contributed by atoms with E-state index in [0.29, 0.717) is 0 Å². The van der Waals surface area contributed by atoms with E-state index >= 15 is 0 Å². The summed E-state index contributed by atoms with van der Waals surface area (Å²) in [4.78, 5) is 22.5. The zero-order valence-corrected chi connectivity index (χ0v) is 8.81. The van der Waals surface area contributed by atoms with Gasteiger partial charge in [-0.1, -0.05) is 11.5 Å². The Morgan fingerprint density at radius 1 is 1.19 bits per heavy atom. The molecule has 0 amide bonds. The first-order chi connectivity index (χ1) is 7.51. The lowest BCUT2D eigenvalue weighted by Gasteiger charge is -2.08. The van der Waals surface area contributed by atoms with Crippen LogP contribution in [0.25, 0.3) is 0 Å². The summed E-state index contributed by atoms with van der Waals surface area (Å²) in [5.74, 6) is -1.86. The van der Waals surface area contributed by atoms with E-state index < -0.39 is 17.7 Å². The number of esters is 2. The summed E-state index contributed by atoms with van der Waals surface area (Å²) in [6.07, 6.45) is 0. The molecule has 0 unspecified atom stereocenters. The van der Waals surface area contributed by atoms with Crippen LogP contribution in [0.4, 0.5) is 0 Å². The standard InChI is InChI=1S/C10H9BO5/c1-15-9(13)5-3-6(10(14)16-2)8(12)7(11)4-5/h3-4,12H,1-2H3. The van der Waals surface area contributed by atoms with Crippen molar-refractivity contribution < 1.29 is 24.2 Å². The third-order valence-electron chi connectivity index (χ3n) is 1.97. The van der Waals surface area contributed by atoms with Gasteiger partial charge in [-0.15, -0.1) is 0 Å². The Hall–Kier alpha value is -1.98.